The number of aliphatic imine (C=N–C) groups is 1. The minimum Gasteiger partial charge on any atom is -0.862 e. The summed E-state index contributed by atoms with van der Waals surface area (Å²) in [4.78, 5) is 13.7. The molecular formula is C26H32FN4O2-. The van der Waals surface area contributed by atoms with E-state index in [9.17, 15) is 9.50 Å². The Hall–Kier alpha value is -2.67. The van der Waals surface area contributed by atoms with Crippen LogP contribution in [-0.2, 0) is 6.42 Å². The van der Waals surface area contributed by atoms with Gasteiger partial charge in [0.15, 0.2) is 0 Å². The first kappa shape index (κ1) is 22.1. The minimum absolute atomic E-state index is 0.00884. The van der Waals surface area contributed by atoms with Gasteiger partial charge in [0, 0.05) is 43.5 Å². The van der Waals surface area contributed by atoms with Gasteiger partial charge in [0.25, 0.3) is 0 Å². The molecule has 0 bridgehead atoms. The van der Waals surface area contributed by atoms with Crippen LogP contribution < -0.4 is 14.7 Å². The Balaban J connectivity index is 1.24. The third kappa shape index (κ3) is 6.02. The smallest absolute Gasteiger partial charge is 0.213 e. The van der Waals surface area contributed by atoms with Crippen molar-refractivity contribution in [3.05, 3.63) is 54.0 Å². The van der Waals surface area contributed by atoms with Crippen molar-refractivity contribution in [2.24, 2.45) is 10.9 Å². The quantitative estimate of drug-likeness (QED) is 0.433. The molecular weight excluding hydrogens is 419 g/mol. The highest BCUT2D eigenvalue weighted by Crippen LogP contribution is 2.26. The van der Waals surface area contributed by atoms with Crippen LogP contribution in [0.3, 0.4) is 0 Å². The molecule has 0 amide bonds. The molecule has 7 heteroatoms. The number of rotatable bonds is 9. The highest BCUT2D eigenvalue weighted by molar-refractivity contribution is 5.76. The fourth-order valence-corrected chi connectivity index (χ4v) is 4.78. The summed E-state index contributed by atoms with van der Waals surface area (Å²) in [6, 6.07) is 10.4. The summed E-state index contributed by atoms with van der Waals surface area (Å²) < 4.78 is 19.0. The lowest BCUT2D eigenvalue weighted by Crippen LogP contribution is -2.36. The summed E-state index contributed by atoms with van der Waals surface area (Å²) in [7, 11) is 0. The van der Waals surface area contributed by atoms with E-state index in [1.807, 2.05) is 18.3 Å². The second-order valence-corrected chi connectivity index (χ2v) is 9.56. The van der Waals surface area contributed by atoms with Crippen LogP contribution in [0.25, 0.3) is 0 Å². The van der Waals surface area contributed by atoms with E-state index in [-0.39, 0.29) is 23.7 Å². The number of anilines is 1. The van der Waals surface area contributed by atoms with E-state index in [0.717, 1.165) is 56.7 Å². The Bertz CT molecular complexity index is 940. The molecule has 1 aromatic carbocycles. The predicted octanol–water partition coefficient (Wildman–Crippen LogP) is 3.05. The van der Waals surface area contributed by atoms with Crippen molar-refractivity contribution < 1.29 is 14.2 Å². The van der Waals surface area contributed by atoms with E-state index in [2.05, 4.69) is 14.8 Å². The number of halogens is 1. The van der Waals surface area contributed by atoms with Crippen molar-refractivity contribution in [2.45, 2.75) is 50.7 Å². The summed E-state index contributed by atoms with van der Waals surface area (Å²) in [5.41, 5.74) is 2.04. The Morgan fingerprint density at radius 1 is 1.09 bits per heavy atom. The Morgan fingerprint density at radius 3 is 2.58 bits per heavy atom. The van der Waals surface area contributed by atoms with Gasteiger partial charge in [-0.2, -0.15) is 0 Å². The van der Waals surface area contributed by atoms with Crippen molar-refractivity contribution in [1.29, 1.82) is 0 Å². The number of pyridine rings is 1. The second-order valence-electron chi connectivity index (χ2n) is 9.56. The number of ether oxygens (including phenoxy) is 1. The number of likely N-dealkylation sites (tertiary alicyclic amines) is 1. The molecule has 2 aliphatic heterocycles. The molecule has 176 valence electrons. The number of hydrogen-bond acceptors (Lipinski definition) is 6. The van der Waals surface area contributed by atoms with Crippen LogP contribution in [0.1, 0.15) is 37.7 Å². The zero-order valence-electron chi connectivity index (χ0n) is 19.0. The van der Waals surface area contributed by atoms with Crippen LogP contribution >= 0.6 is 0 Å². The summed E-state index contributed by atoms with van der Waals surface area (Å²) in [6.07, 6.45) is 8.33. The topological polar surface area (TPSA) is 64.0 Å². The number of nitrogens with zero attached hydrogens (tertiary/aromatic N) is 4. The second kappa shape index (κ2) is 10.1. The number of hydrogen-bond donors (Lipinski definition) is 0. The highest BCUT2D eigenvalue weighted by Gasteiger charge is 2.25. The molecule has 0 N–H and O–H groups in total. The van der Waals surface area contributed by atoms with Gasteiger partial charge in [-0.25, -0.2) is 9.37 Å². The molecule has 0 spiro atoms. The molecule has 2 aromatic rings. The third-order valence-electron chi connectivity index (χ3n) is 6.79. The molecule has 33 heavy (non-hydrogen) atoms. The number of aromatic nitrogens is 1. The molecule has 1 aromatic heterocycles. The van der Waals surface area contributed by atoms with Crippen LogP contribution in [0, 0.1) is 11.7 Å². The van der Waals surface area contributed by atoms with Gasteiger partial charge in [0.1, 0.15) is 11.9 Å². The summed E-state index contributed by atoms with van der Waals surface area (Å²) in [5.74, 6) is 0.318. The standard InChI is InChI=1S/C26H33FN4O2/c27-21-4-6-23(7-5-21)31-14-11-20(17-31)26(32)29-22(18-30-12-1-2-13-30)15-19-3-10-25(28-16-19)33-24-8-9-24/h3-7,10,16,20,22,24H,1-2,8-9,11-15,17-18H2,(H,29,32)/p-1. The molecule has 3 fully saturated rings. The van der Waals surface area contributed by atoms with Crippen LogP contribution in [0.2, 0.25) is 0 Å². The summed E-state index contributed by atoms with van der Waals surface area (Å²) in [5, 5.41) is 13.1. The highest BCUT2D eigenvalue weighted by atomic mass is 19.1. The maximum Gasteiger partial charge on any atom is 0.213 e. The van der Waals surface area contributed by atoms with Crippen LogP contribution in [0.15, 0.2) is 47.6 Å². The van der Waals surface area contributed by atoms with Gasteiger partial charge in [-0.3, -0.25) is 0 Å². The summed E-state index contributed by atoms with van der Waals surface area (Å²) >= 11 is 0. The fraction of sp³-hybridized carbons (Fsp3) is 0.538. The average Bonchev–Trinajstić information content (AvgIpc) is 3.25. The Kier molecular flexibility index (Phi) is 6.76. The Morgan fingerprint density at radius 2 is 1.88 bits per heavy atom. The van der Waals surface area contributed by atoms with Crippen molar-refractivity contribution in [2.75, 3.05) is 37.6 Å². The SMILES string of the molecule is [O-]C(=NC(Cc1ccc(OC2CC2)nc1)CN1CCCC1)C1CCN(c2ccc(F)cc2)C1. The lowest BCUT2D eigenvalue weighted by Gasteiger charge is -2.26. The molecule has 2 atom stereocenters. The van der Waals surface area contributed by atoms with Gasteiger partial charge in [0.2, 0.25) is 5.88 Å². The number of benzene rings is 1. The van der Waals surface area contributed by atoms with Gasteiger partial charge in [-0.15, -0.1) is 0 Å². The normalized spacial score (nSPS) is 22.6. The van der Waals surface area contributed by atoms with E-state index in [0.29, 0.717) is 24.9 Å². The fourth-order valence-electron chi connectivity index (χ4n) is 4.78. The molecule has 3 aliphatic rings. The predicted molar refractivity (Wildman–Crippen MR) is 125 cm³/mol. The van der Waals surface area contributed by atoms with Crippen molar-refractivity contribution in [1.82, 2.24) is 9.88 Å². The van der Waals surface area contributed by atoms with Gasteiger partial charge < -0.3 is 24.6 Å². The van der Waals surface area contributed by atoms with Gasteiger partial charge >= 0.3 is 0 Å². The largest absolute Gasteiger partial charge is 0.862 e. The maximum atomic E-state index is 13.2. The van der Waals surface area contributed by atoms with Crippen molar-refractivity contribution in [3.8, 4) is 5.88 Å². The van der Waals surface area contributed by atoms with E-state index < -0.39 is 0 Å². The molecule has 2 unspecified atom stereocenters. The minimum atomic E-state index is -0.244. The van der Waals surface area contributed by atoms with Crippen molar-refractivity contribution >= 4 is 11.6 Å². The van der Waals surface area contributed by atoms with Crippen LogP contribution in [0.5, 0.6) is 5.88 Å². The molecule has 0 radical (unpaired) electrons. The van der Waals surface area contributed by atoms with E-state index >= 15 is 0 Å². The first-order valence-corrected chi connectivity index (χ1v) is 12.2. The lowest BCUT2D eigenvalue weighted by atomic mass is 10.1. The molecule has 2 saturated heterocycles. The average molecular weight is 452 g/mol. The molecule has 6 nitrogen and oxygen atoms in total. The van der Waals surface area contributed by atoms with Crippen LogP contribution in [0.4, 0.5) is 10.1 Å². The molecule has 1 aliphatic carbocycles. The van der Waals surface area contributed by atoms with Crippen LogP contribution in [-0.4, -0.2) is 60.7 Å². The van der Waals surface area contributed by atoms with Gasteiger partial charge in [-0.1, -0.05) is 6.07 Å². The van der Waals surface area contributed by atoms with E-state index in [1.165, 1.54) is 25.0 Å². The maximum absolute atomic E-state index is 13.2. The zero-order valence-corrected chi connectivity index (χ0v) is 19.0. The van der Waals surface area contributed by atoms with Gasteiger partial charge in [-0.05, 0) is 87.3 Å². The Labute approximate surface area is 195 Å². The first-order chi connectivity index (χ1) is 16.1. The van der Waals surface area contributed by atoms with E-state index in [1.54, 1.807) is 12.1 Å². The zero-order chi connectivity index (χ0) is 22.6. The van der Waals surface area contributed by atoms with Crippen molar-refractivity contribution in [3.63, 3.8) is 0 Å². The monoisotopic (exact) mass is 451 g/mol. The molecule has 3 heterocycles. The summed E-state index contributed by atoms with van der Waals surface area (Å²) in [6.45, 7) is 4.39. The van der Waals surface area contributed by atoms with E-state index in [4.69, 9.17) is 9.73 Å². The first-order valence-electron chi connectivity index (χ1n) is 12.2. The lowest BCUT2D eigenvalue weighted by molar-refractivity contribution is -0.223. The van der Waals surface area contributed by atoms with Gasteiger partial charge in [0.05, 0.1) is 6.04 Å². The molecule has 5 rings (SSSR count). The molecule has 1 saturated carbocycles. The third-order valence-corrected chi connectivity index (χ3v) is 6.79.